The number of benzene rings is 2. The fraction of sp³-hybridized carbons (Fsp3) is 0. The van der Waals surface area contributed by atoms with E-state index in [9.17, 15) is 4.79 Å². The summed E-state index contributed by atoms with van der Waals surface area (Å²) in [6.45, 7) is 0. The van der Waals surface area contributed by atoms with E-state index in [4.69, 9.17) is 11.6 Å². The summed E-state index contributed by atoms with van der Waals surface area (Å²) in [7, 11) is 0. The van der Waals surface area contributed by atoms with Crippen molar-refractivity contribution in [3.05, 3.63) is 59.2 Å². The van der Waals surface area contributed by atoms with E-state index >= 15 is 0 Å². The first kappa shape index (κ1) is 11.7. The second-order valence-corrected chi connectivity index (χ2v) is 4.51. The SMILES string of the molecule is O=C(Nc1ccc2cn[nH]c2c1)c1ccccc1Cl. The van der Waals surface area contributed by atoms with Crippen molar-refractivity contribution in [3.8, 4) is 0 Å². The summed E-state index contributed by atoms with van der Waals surface area (Å²) in [5.74, 6) is -0.232. The zero-order chi connectivity index (χ0) is 13.2. The Morgan fingerprint density at radius 3 is 2.89 bits per heavy atom. The third kappa shape index (κ3) is 2.30. The van der Waals surface area contributed by atoms with Crippen molar-refractivity contribution in [1.29, 1.82) is 0 Å². The number of carbonyl (C=O) groups excluding carboxylic acids is 1. The highest BCUT2D eigenvalue weighted by Gasteiger charge is 2.10. The Bertz CT molecular complexity index is 751. The van der Waals surface area contributed by atoms with Crippen LogP contribution in [0.15, 0.2) is 48.7 Å². The number of H-pyrrole nitrogens is 1. The van der Waals surface area contributed by atoms with Gasteiger partial charge in [-0.1, -0.05) is 23.7 Å². The molecule has 1 amide bonds. The molecule has 0 aliphatic carbocycles. The molecule has 0 saturated carbocycles. The van der Waals surface area contributed by atoms with E-state index in [1.807, 2.05) is 18.2 Å². The van der Waals surface area contributed by atoms with Gasteiger partial charge in [0.2, 0.25) is 0 Å². The third-order valence-corrected chi connectivity index (χ3v) is 3.15. The lowest BCUT2D eigenvalue weighted by Crippen LogP contribution is -2.12. The molecule has 1 heterocycles. The summed E-state index contributed by atoms with van der Waals surface area (Å²) in [5.41, 5.74) is 2.02. The summed E-state index contributed by atoms with van der Waals surface area (Å²) < 4.78 is 0. The zero-order valence-corrected chi connectivity index (χ0v) is 10.6. The zero-order valence-electron chi connectivity index (χ0n) is 9.85. The molecule has 0 fully saturated rings. The lowest BCUT2D eigenvalue weighted by Gasteiger charge is -2.06. The fourth-order valence-corrected chi connectivity index (χ4v) is 2.08. The molecule has 4 nitrogen and oxygen atoms in total. The maximum absolute atomic E-state index is 12.1. The first-order valence-electron chi connectivity index (χ1n) is 5.73. The van der Waals surface area contributed by atoms with Crippen LogP contribution in [0.5, 0.6) is 0 Å². The molecule has 19 heavy (non-hydrogen) atoms. The van der Waals surface area contributed by atoms with Gasteiger partial charge in [-0.05, 0) is 30.3 Å². The number of anilines is 1. The van der Waals surface area contributed by atoms with Crippen LogP contribution in [-0.4, -0.2) is 16.1 Å². The third-order valence-electron chi connectivity index (χ3n) is 2.82. The number of rotatable bonds is 2. The number of aromatic nitrogens is 2. The van der Waals surface area contributed by atoms with Gasteiger partial charge in [0.15, 0.2) is 0 Å². The number of fused-ring (bicyclic) bond motifs is 1. The van der Waals surface area contributed by atoms with Gasteiger partial charge in [0.1, 0.15) is 0 Å². The Labute approximate surface area is 114 Å². The second-order valence-electron chi connectivity index (χ2n) is 4.11. The molecule has 2 aromatic carbocycles. The average molecular weight is 272 g/mol. The van der Waals surface area contributed by atoms with Gasteiger partial charge in [0.25, 0.3) is 5.91 Å². The Kier molecular flexibility index (Phi) is 2.93. The largest absolute Gasteiger partial charge is 0.322 e. The molecule has 94 valence electrons. The number of amides is 1. The number of hydrogen-bond acceptors (Lipinski definition) is 2. The summed E-state index contributed by atoms with van der Waals surface area (Å²) in [6, 6.07) is 12.5. The van der Waals surface area contributed by atoms with Crippen LogP contribution in [0.4, 0.5) is 5.69 Å². The molecule has 0 aliphatic heterocycles. The summed E-state index contributed by atoms with van der Waals surface area (Å²) in [5, 5.41) is 11.0. The summed E-state index contributed by atoms with van der Waals surface area (Å²) in [4.78, 5) is 12.1. The Balaban J connectivity index is 1.88. The standard InChI is InChI=1S/C14H10ClN3O/c15-12-4-2-1-3-11(12)14(19)17-10-6-5-9-8-16-18-13(9)7-10/h1-8H,(H,16,18)(H,17,19). The molecule has 3 aromatic rings. The van der Waals surface area contributed by atoms with Gasteiger partial charge in [-0.2, -0.15) is 5.10 Å². The number of aromatic amines is 1. The van der Waals surface area contributed by atoms with Gasteiger partial charge in [0, 0.05) is 11.1 Å². The van der Waals surface area contributed by atoms with Gasteiger partial charge in [-0.3, -0.25) is 9.89 Å². The molecule has 0 unspecified atom stereocenters. The maximum Gasteiger partial charge on any atom is 0.257 e. The van der Waals surface area contributed by atoms with Crippen molar-refractivity contribution in [2.75, 3.05) is 5.32 Å². The van der Waals surface area contributed by atoms with Crippen molar-refractivity contribution >= 4 is 34.1 Å². The van der Waals surface area contributed by atoms with Gasteiger partial charge >= 0.3 is 0 Å². The fourth-order valence-electron chi connectivity index (χ4n) is 1.86. The number of halogens is 1. The van der Waals surface area contributed by atoms with E-state index < -0.39 is 0 Å². The predicted molar refractivity (Wildman–Crippen MR) is 75.5 cm³/mol. The van der Waals surface area contributed by atoms with Gasteiger partial charge in [-0.25, -0.2) is 0 Å². The quantitative estimate of drug-likeness (QED) is 0.750. The predicted octanol–water partition coefficient (Wildman–Crippen LogP) is 3.47. The van der Waals surface area contributed by atoms with Gasteiger partial charge < -0.3 is 5.32 Å². The highest BCUT2D eigenvalue weighted by Crippen LogP contribution is 2.19. The highest BCUT2D eigenvalue weighted by molar-refractivity contribution is 6.34. The molecular weight excluding hydrogens is 262 g/mol. The molecule has 3 rings (SSSR count). The number of nitrogens with one attached hydrogen (secondary N) is 2. The van der Waals surface area contributed by atoms with Crippen LogP contribution in [0.1, 0.15) is 10.4 Å². The maximum atomic E-state index is 12.1. The second kappa shape index (κ2) is 4.74. The van der Waals surface area contributed by atoms with Crippen molar-refractivity contribution in [2.24, 2.45) is 0 Å². The molecule has 0 aliphatic rings. The van der Waals surface area contributed by atoms with Crippen molar-refractivity contribution in [1.82, 2.24) is 10.2 Å². The molecule has 0 saturated heterocycles. The number of carbonyl (C=O) groups is 1. The number of nitrogens with zero attached hydrogens (tertiary/aromatic N) is 1. The Morgan fingerprint density at radius 2 is 2.05 bits per heavy atom. The van der Waals surface area contributed by atoms with E-state index in [1.54, 1.807) is 30.5 Å². The van der Waals surface area contributed by atoms with E-state index in [0.29, 0.717) is 16.3 Å². The Hall–Kier alpha value is -2.33. The lowest BCUT2D eigenvalue weighted by atomic mass is 10.2. The monoisotopic (exact) mass is 271 g/mol. The molecule has 0 bridgehead atoms. The molecule has 0 spiro atoms. The first-order chi connectivity index (χ1) is 9.24. The Morgan fingerprint density at radius 1 is 1.21 bits per heavy atom. The molecular formula is C14H10ClN3O. The van der Waals surface area contributed by atoms with Crippen LogP contribution in [-0.2, 0) is 0 Å². The van der Waals surface area contributed by atoms with Crippen LogP contribution in [0.25, 0.3) is 10.9 Å². The molecule has 1 aromatic heterocycles. The molecule has 0 radical (unpaired) electrons. The van der Waals surface area contributed by atoms with Crippen LogP contribution in [0.2, 0.25) is 5.02 Å². The van der Waals surface area contributed by atoms with Gasteiger partial charge in [0.05, 0.1) is 22.3 Å². The van der Waals surface area contributed by atoms with Gasteiger partial charge in [-0.15, -0.1) is 0 Å². The smallest absolute Gasteiger partial charge is 0.257 e. The summed E-state index contributed by atoms with van der Waals surface area (Å²) in [6.07, 6.45) is 1.73. The van der Waals surface area contributed by atoms with Crippen molar-refractivity contribution in [2.45, 2.75) is 0 Å². The van der Waals surface area contributed by atoms with E-state index in [0.717, 1.165) is 10.9 Å². The van der Waals surface area contributed by atoms with E-state index in [-0.39, 0.29) is 5.91 Å². The highest BCUT2D eigenvalue weighted by atomic mass is 35.5. The van der Waals surface area contributed by atoms with Crippen LogP contribution in [0.3, 0.4) is 0 Å². The molecule has 2 N–H and O–H groups in total. The van der Waals surface area contributed by atoms with Crippen LogP contribution < -0.4 is 5.32 Å². The van der Waals surface area contributed by atoms with E-state index in [1.165, 1.54) is 0 Å². The minimum atomic E-state index is -0.232. The first-order valence-corrected chi connectivity index (χ1v) is 6.11. The van der Waals surface area contributed by atoms with Crippen molar-refractivity contribution in [3.63, 3.8) is 0 Å². The normalized spacial score (nSPS) is 10.6. The lowest BCUT2D eigenvalue weighted by molar-refractivity contribution is 0.102. The molecule has 5 heteroatoms. The topological polar surface area (TPSA) is 57.8 Å². The van der Waals surface area contributed by atoms with Crippen molar-refractivity contribution < 1.29 is 4.79 Å². The van der Waals surface area contributed by atoms with E-state index in [2.05, 4.69) is 15.5 Å². The minimum Gasteiger partial charge on any atom is -0.322 e. The average Bonchev–Trinajstić information content (AvgIpc) is 2.86. The minimum absolute atomic E-state index is 0.232. The number of hydrogen-bond donors (Lipinski definition) is 2. The molecule has 0 atom stereocenters. The van der Waals surface area contributed by atoms with Crippen LogP contribution >= 0.6 is 11.6 Å². The van der Waals surface area contributed by atoms with Crippen LogP contribution in [0, 0.1) is 0 Å². The summed E-state index contributed by atoms with van der Waals surface area (Å²) >= 11 is 5.99.